The second-order valence-electron chi connectivity index (χ2n) is 4.79. The number of rotatable bonds is 3. The fourth-order valence-electron chi connectivity index (χ4n) is 2.40. The summed E-state index contributed by atoms with van der Waals surface area (Å²) in [5, 5.41) is 0. The predicted octanol–water partition coefficient (Wildman–Crippen LogP) is 4.29. The topological polar surface area (TPSA) is 3.24 Å². The van der Waals surface area contributed by atoms with Gasteiger partial charge in [-0.15, -0.1) is 0 Å². The molecule has 0 N–H and O–H groups in total. The monoisotopic (exact) mass is 279 g/mol. The Kier molecular flexibility index (Phi) is 5.51. The standard InChI is InChI=1S/C15H21NS2/c1-2-12-18-15(17)16-10-8-14(9-11-16)13-6-4-3-5-7-13/h3-7,14H,2,8-12H2,1H3. The van der Waals surface area contributed by atoms with Crippen molar-refractivity contribution in [3.8, 4) is 0 Å². The first-order valence-electron chi connectivity index (χ1n) is 6.78. The predicted molar refractivity (Wildman–Crippen MR) is 85.3 cm³/mol. The molecule has 0 aromatic heterocycles. The van der Waals surface area contributed by atoms with Gasteiger partial charge in [0.15, 0.2) is 0 Å². The molecular weight excluding hydrogens is 258 g/mol. The summed E-state index contributed by atoms with van der Waals surface area (Å²) in [5.74, 6) is 1.87. The van der Waals surface area contributed by atoms with E-state index in [1.54, 1.807) is 0 Å². The summed E-state index contributed by atoms with van der Waals surface area (Å²) < 4.78 is 1.10. The summed E-state index contributed by atoms with van der Waals surface area (Å²) in [4.78, 5) is 2.38. The molecule has 1 fully saturated rings. The fourth-order valence-corrected chi connectivity index (χ4v) is 3.58. The summed E-state index contributed by atoms with van der Waals surface area (Å²) in [6.07, 6.45) is 3.67. The SMILES string of the molecule is CCCSC(=S)N1CCC(c2ccccc2)CC1. The van der Waals surface area contributed by atoms with Crippen LogP contribution in [0.1, 0.15) is 37.7 Å². The van der Waals surface area contributed by atoms with Crippen molar-refractivity contribution in [3.05, 3.63) is 35.9 Å². The maximum Gasteiger partial charge on any atom is 0.136 e. The van der Waals surface area contributed by atoms with Crippen molar-refractivity contribution in [2.24, 2.45) is 0 Å². The van der Waals surface area contributed by atoms with Crippen molar-refractivity contribution in [1.29, 1.82) is 0 Å². The molecule has 1 aromatic carbocycles. The molecule has 0 bridgehead atoms. The summed E-state index contributed by atoms with van der Waals surface area (Å²) in [5.41, 5.74) is 1.49. The number of benzene rings is 1. The summed E-state index contributed by atoms with van der Waals surface area (Å²) in [6, 6.07) is 10.9. The smallest absolute Gasteiger partial charge is 0.136 e. The van der Waals surface area contributed by atoms with Crippen LogP contribution >= 0.6 is 24.0 Å². The van der Waals surface area contributed by atoms with Crippen LogP contribution in [0.2, 0.25) is 0 Å². The van der Waals surface area contributed by atoms with Gasteiger partial charge in [-0.2, -0.15) is 0 Å². The van der Waals surface area contributed by atoms with E-state index >= 15 is 0 Å². The van der Waals surface area contributed by atoms with Gasteiger partial charge < -0.3 is 4.90 Å². The zero-order chi connectivity index (χ0) is 12.8. The normalized spacial score (nSPS) is 16.8. The second kappa shape index (κ2) is 7.15. The zero-order valence-electron chi connectivity index (χ0n) is 11.0. The Morgan fingerprint density at radius 2 is 1.94 bits per heavy atom. The highest BCUT2D eigenvalue weighted by Crippen LogP contribution is 2.29. The Morgan fingerprint density at radius 3 is 2.56 bits per heavy atom. The van der Waals surface area contributed by atoms with E-state index in [2.05, 4.69) is 42.2 Å². The minimum atomic E-state index is 0.724. The summed E-state index contributed by atoms with van der Waals surface area (Å²) in [7, 11) is 0. The van der Waals surface area contributed by atoms with Crippen LogP contribution in [0.4, 0.5) is 0 Å². The molecule has 1 aliphatic heterocycles. The highest BCUT2D eigenvalue weighted by atomic mass is 32.2. The van der Waals surface area contributed by atoms with Crippen LogP contribution in [0.15, 0.2) is 30.3 Å². The van der Waals surface area contributed by atoms with E-state index in [-0.39, 0.29) is 0 Å². The van der Waals surface area contributed by atoms with E-state index in [0.29, 0.717) is 0 Å². The molecule has 0 unspecified atom stereocenters. The molecule has 98 valence electrons. The average molecular weight is 279 g/mol. The minimum absolute atomic E-state index is 0.724. The average Bonchev–Trinajstić information content (AvgIpc) is 2.46. The van der Waals surface area contributed by atoms with E-state index in [1.807, 2.05) is 11.8 Å². The first kappa shape index (κ1) is 13.9. The number of thiocarbonyl (C=S) groups is 1. The van der Waals surface area contributed by atoms with E-state index in [1.165, 1.54) is 24.8 Å². The molecule has 0 atom stereocenters. The van der Waals surface area contributed by atoms with Crippen molar-refractivity contribution < 1.29 is 0 Å². The molecule has 18 heavy (non-hydrogen) atoms. The Hall–Kier alpha value is -0.540. The molecule has 3 heteroatoms. The third kappa shape index (κ3) is 3.72. The lowest BCUT2D eigenvalue weighted by Crippen LogP contribution is -2.35. The number of thioether (sulfide) groups is 1. The third-order valence-corrected chi connectivity index (χ3v) is 5.18. The van der Waals surface area contributed by atoms with Gasteiger partial charge in [0.25, 0.3) is 0 Å². The van der Waals surface area contributed by atoms with E-state index in [9.17, 15) is 0 Å². The largest absolute Gasteiger partial charge is 0.357 e. The number of piperidine rings is 1. The number of likely N-dealkylation sites (tertiary alicyclic amines) is 1. The quantitative estimate of drug-likeness (QED) is 0.760. The molecule has 0 saturated carbocycles. The first-order valence-corrected chi connectivity index (χ1v) is 8.17. The highest BCUT2D eigenvalue weighted by Gasteiger charge is 2.21. The molecule has 0 radical (unpaired) electrons. The molecule has 1 aliphatic rings. The van der Waals surface area contributed by atoms with Crippen LogP contribution in [-0.4, -0.2) is 28.1 Å². The summed E-state index contributed by atoms with van der Waals surface area (Å²) >= 11 is 7.32. The fraction of sp³-hybridized carbons (Fsp3) is 0.533. The van der Waals surface area contributed by atoms with Crippen LogP contribution in [0, 0.1) is 0 Å². The van der Waals surface area contributed by atoms with E-state index in [4.69, 9.17) is 12.2 Å². The van der Waals surface area contributed by atoms with Gasteiger partial charge >= 0.3 is 0 Å². The molecule has 1 saturated heterocycles. The van der Waals surface area contributed by atoms with Gasteiger partial charge in [-0.05, 0) is 36.5 Å². The molecule has 1 aromatic rings. The number of nitrogens with zero attached hydrogens (tertiary/aromatic N) is 1. The van der Waals surface area contributed by atoms with Gasteiger partial charge in [-0.3, -0.25) is 0 Å². The minimum Gasteiger partial charge on any atom is -0.357 e. The van der Waals surface area contributed by atoms with Gasteiger partial charge in [0, 0.05) is 13.1 Å². The summed E-state index contributed by atoms with van der Waals surface area (Å²) in [6.45, 7) is 4.45. The maximum absolute atomic E-state index is 5.48. The highest BCUT2D eigenvalue weighted by molar-refractivity contribution is 8.22. The van der Waals surface area contributed by atoms with Crippen LogP contribution in [0.5, 0.6) is 0 Å². The molecule has 0 spiro atoms. The number of hydrogen-bond acceptors (Lipinski definition) is 2. The Labute approximate surface area is 120 Å². The maximum atomic E-state index is 5.48. The van der Waals surface area contributed by atoms with Gasteiger partial charge in [-0.1, -0.05) is 61.2 Å². The van der Waals surface area contributed by atoms with Crippen LogP contribution in [0.3, 0.4) is 0 Å². The lowest BCUT2D eigenvalue weighted by molar-refractivity contribution is 0.321. The van der Waals surface area contributed by atoms with Gasteiger partial charge in [0.05, 0.1) is 0 Å². The van der Waals surface area contributed by atoms with Gasteiger partial charge in [0.1, 0.15) is 4.32 Å². The lowest BCUT2D eigenvalue weighted by Gasteiger charge is -2.33. The van der Waals surface area contributed by atoms with Gasteiger partial charge in [-0.25, -0.2) is 0 Å². The zero-order valence-corrected chi connectivity index (χ0v) is 12.6. The number of hydrogen-bond donors (Lipinski definition) is 0. The molecule has 0 amide bonds. The first-order chi connectivity index (χ1) is 8.81. The van der Waals surface area contributed by atoms with E-state index in [0.717, 1.165) is 29.1 Å². The van der Waals surface area contributed by atoms with Crippen molar-refractivity contribution >= 4 is 28.3 Å². The van der Waals surface area contributed by atoms with Crippen molar-refractivity contribution in [3.63, 3.8) is 0 Å². The van der Waals surface area contributed by atoms with Crippen molar-refractivity contribution in [1.82, 2.24) is 4.90 Å². The molecule has 0 aliphatic carbocycles. The van der Waals surface area contributed by atoms with Crippen molar-refractivity contribution in [2.45, 2.75) is 32.1 Å². The molecular formula is C15H21NS2. The third-order valence-electron chi connectivity index (χ3n) is 3.45. The van der Waals surface area contributed by atoms with Crippen molar-refractivity contribution in [2.75, 3.05) is 18.8 Å². The lowest BCUT2D eigenvalue weighted by atomic mass is 9.90. The Morgan fingerprint density at radius 1 is 1.28 bits per heavy atom. The van der Waals surface area contributed by atoms with Crippen LogP contribution in [-0.2, 0) is 0 Å². The van der Waals surface area contributed by atoms with E-state index < -0.39 is 0 Å². The van der Waals surface area contributed by atoms with Crippen LogP contribution < -0.4 is 0 Å². The Bertz CT molecular complexity index is 369. The Balaban J connectivity index is 1.83. The van der Waals surface area contributed by atoms with Gasteiger partial charge in [0.2, 0.25) is 0 Å². The second-order valence-corrected chi connectivity index (χ2v) is 6.52. The molecule has 1 heterocycles. The molecule has 2 rings (SSSR count). The van der Waals surface area contributed by atoms with Crippen LogP contribution in [0.25, 0.3) is 0 Å². The molecule has 1 nitrogen and oxygen atoms in total.